The van der Waals surface area contributed by atoms with Crippen molar-refractivity contribution in [2.75, 3.05) is 18.1 Å². The van der Waals surface area contributed by atoms with Crippen LogP contribution in [0.25, 0.3) is 0 Å². The zero-order valence-corrected chi connectivity index (χ0v) is 21.9. The van der Waals surface area contributed by atoms with Gasteiger partial charge in [0.1, 0.15) is 0 Å². The van der Waals surface area contributed by atoms with Crippen LogP contribution in [0, 0.1) is 9.49 Å². The van der Waals surface area contributed by atoms with Gasteiger partial charge < -0.3 is 20.0 Å². The summed E-state index contributed by atoms with van der Waals surface area (Å²) in [5.74, 6) is -1.06. The van der Waals surface area contributed by atoms with Crippen molar-refractivity contribution in [2.45, 2.75) is 44.4 Å². The Kier molecular flexibility index (Phi) is 7.66. The number of amides is 2. The minimum atomic E-state index is -1.79. The molecule has 0 unspecified atom stereocenters. The molecule has 0 aliphatic carbocycles. The van der Waals surface area contributed by atoms with E-state index in [-0.39, 0.29) is 25.0 Å². The van der Waals surface area contributed by atoms with Crippen LogP contribution in [0.2, 0.25) is 5.02 Å². The summed E-state index contributed by atoms with van der Waals surface area (Å²) in [5, 5.41) is 21.6. The minimum absolute atomic E-state index is 0.0337. The topological polar surface area (TPSA) is 81.1 Å². The SMILES string of the molecule is C[C@@H](/C=C/CC(=O)N1CCC[C@H]1CO)[C@]1(O)C(=O)N(Cc2ccc(I)cc2)c2ccc(Cl)cc21. The normalized spacial score (nSPS) is 23.1. The van der Waals surface area contributed by atoms with Crippen LogP contribution in [0.15, 0.2) is 54.6 Å². The van der Waals surface area contributed by atoms with Gasteiger partial charge in [0.2, 0.25) is 5.91 Å². The molecule has 0 spiro atoms. The molecule has 1 saturated heterocycles. The van der Waals surface area contributed by atoms with Crippen molar-refractivity contribution in [3.05, 3.63) is 74.3 Å². The number of carbonyl (C=O) groups excluding carboxylic acids is 2. The van der Waals surface area contributed by atoms with Gasteiger partial charge in [-0.15, -0.1) is 0 Å². The van der Waals surface area contributed by atoms with E-state index in [0.29, 0.717) is 29.4 Å². The van der Waals surface area contributed by atoms with Gasteiger partial charge in [0.25, 0.3) is 5.91 Å². The first kappa shape index (κ1) is 25.2. The Labute approximate surface area is 218 Å². The van der Waals surface area contributed by atoms with Crippen molar-refractivity contribution >= 4 is 51.7 Å². The van der Waals surface area contributed by atoms with Crippen LogP contribution in [-0.2, 0) is 21.7 Å². The monoisotopic (exact) mass is 594 g/mol. The third-order valence-corrected chi connectivity index (χ3v) is 7.72. The molecule has 2 aliphatic heterocycles. The van der Waals surface area contributed by atoms with E-state index in [1.807, 2.05) is 24.3 Å². The molecule has 2 N–H and O–H groups in total. The van der Waals surface area contributed by atoms with E-state index in [1.54, 1.807) is 47.1 Å². The van der Waals surface area contributed by atoms with Gasteiger partial charge in [-0.3, -0.25) is 9.59 Å². The maximum Gasteiger partial charge on any atom is 0.264 e. The van der Waals surface area contributed by atoms with Gasteiger partial charge in [-0.1, -0.05) is 42.8 Å². The van der Waals surface area contributed by atoms with Gasteiger partial charge in [-0.05, 0) is 71.3 Å². The zero-order chi connectivity index (χ0) is 24.5. The molecule has 2 amide bonds. The summed E-state index contributed by atoms with van der Waals surface area (Å²) in [4.78, 5) is 29.5. The van der Waals surface area contributed by atoms with E-state index in [9.17, 15) is 19.8 Å². The first-order valence-corrected chi connectivity index (χ1v) is 12.9. The Balaban J connectivity index is 1.55. The van der Waals surface area contributed by atoms with Gasteiger partial charge in [-0.25, -0.2) is 0 Å². The lowest BCUT2D eigenvalue weighted by Crippen LogP contribution is -2.44. The predicted octanol–water partition coefficient (Wildman–Crippen LogP) is 4.24. The fourth-order valence-electron chi connectivity index (χ4n) is 4.83. The molecule has 0 radical (unpaired) electrons. The zero-order valence-electron chi connectivity index (χ0n) is 19.0. The van der Waals surface area contributed by atoms with Crippen LogP contribution < -0.4 is 4.90 Å². The molecule has 2 aromatic carbocycles. The largest absolute Gasteiger partial charge is 0.394 e. The van der Waals surface area contributed by atoms with Crippen molar-refractivity contribution in [1.82, 2.24) is 4.90 Å². The number of aliphatic hydroxyl groups excluding tert-OH is 1. The number of aliphatic hydroxyl groups is 2. The summed E-state index contributed by atoms with van der Waals surface area (Å²) in [6.45, 7) is 2.72. The molecule has 180 valence electrons. The second-order valence-electron chi connectivity index (χ2n) is 8.93. The van der Waals surface area contributed by atoms with Gasteiger partial charge in [0, 0.05) is 33.0 Å². The first-order valence-electron chi connectivity index (χ1n) is 11.4. The summed E-state index contributed by atoms with van der Waals surface area (Å²) < 4.78 is 1.10. The number of likely N-dealkylation sites (tertiary alicyclic amines) is 1. The highest BCUT2D eigenvalue weighted by Crippen LogP contribution is 2.46. The molecule has 2 aliphatic rings. The number of fused-ring (bicyclic) bond motifs is 1. The Morgan fingerprint density at radius 2 is 2.03 bits per heavy atom. The molecule has 34 heavy (non-hydrogen) atoms. The van der Waals surface area contributed by atoms with E-state index in [1.165, 1.54) is 0 Å². The van der Waals surface area contributed by atoms with Crippen LogP contribution in [0.5, 0.6) is 0 Å². The van der Waals surface area contributed by atoms with E-state index in [4.69, 9.17) is 11.6 Å². The molecular formula is C26H28ClIN2O4. The molecule has 2 aromatic rings. The van der Waals surface area contributed by atoms with Crippen molar-refractivity contribution in [3.8, 4) is 0 Å². The van der Waals surface area contributed by atoms with E-state index in [0.717, 1.165) is 22.0 Å². The van der Waals surface area contributed by atoms with E-state index >= 15 is 0 Å². The third-order valence-electron chi connectivity index (χ3n) is 6.77. The number of halogens is 2. The van der Waals surface area contributed by atoms with Crippen molar-refractivity contribution in [3.63, 3.8) is 0 Å². The Morgan fingerprint density at radius 1 is 1.29 bits per heavy atom. The lowest BCUT2D eigenvalue weighted by molar-refractivity contribution is -0.139. The maximum absolute atomic E-state index is 13.6. The molecule has 2 heterocycles. The van der Waals surface area contributed by atoms with Crippen molar-refractivity contribution < 1.29 is 19.8 Å². The van der Waals surface area contributed by atoms with Crippen LogP contribution in [-0.4, -0.2) is 46.1 Å². The van der Waals surface area contributed by atoms with Crippen molar-refractivity contribution in [2.24, 2.45) is 5.92 Å². The number of anilines is 1. The summed E-state index contributed by atoms with van der Waals surface area (Å²) in [6.07, 6.45) is 5.28. The molecule has 0 aromatic heterocycles. The lowest BCUT2D eigenvalue weighted by atomic mass is 9.83. The molecule has 1 fully saturated rings. The summed E-state index contributed by atoms with van der Waals surface area (Å²) in [6, 6.07) is 12.9. The molecular weight excluding hydrogens is 567 g/mol. The maximum atomic E-state index is 13.6. The highest BCUT2D eigenvalue weighted by molar-refractivity contribution is 14.1. The number of hydrogen-bond donors (Lipinski definition) is 2. The molecule has 0 bridgehead atoms. The van der Waals surface area contributed by atoms with Gasteiger partial charge in [0.05, 0.1) is 24.9 Å². The van der Waals surface area contributed by atoms with E-state index in [2.05, 4.69) is 22.6 Å². The summed E-state index contributed by atoms with van der Waals surface area (Å²) in [5.41, 5.74) is 0.273. The van der Waals surface area contributed by atoms with E-state index < -0.39 is 17.4 Å². The number of nitrogens with zero attached hydrogens (tertiary/aromatic N) is 2. The van der Waals surface area contributed by atoms with Gasteiger partial charge in [-0.2, -0.15) is 0 Å². The quantitative estimate of drug-likeness (QED) is 0.371. The lowest BCUT2D eigenvalue weighted by Gasteiger charge is -2.28. The molecule has 8 heteroatoms. The van der Waals surface area contributed by atoms with Crippen LogP contribution in [0.4, 0.5) is 5.69 Å². The predicted molar refractivity (Wildman–Crippen MR) is 140 cm³/mol. The summed E-state index contributed by atoms with van der Waals surface area (Å²) >= 11 is 8.48. The fraction of sp³-hybridized carbons (Fsp3) is 0.385. The molecule has 0 saturated carbocycles. The molecule has 4 rings (SSSR count). The number of hydrogen-bond acceptors (Lipinski definition) is 4. The number of rotatable bonds is 7. The second kappa shape index (κ2) is 10.4. The second-order valence-corrected chi connectivity index (χ2v) is 10.6. The first-order chi connectivity index (χ1) is 16.3. The van der Waals surface area contributed by atoms with Gasteiger partial charge in [0.15, 0.2) is 5.60 Å². The Bertz CT molecular complexity index is 1110. The smallest absolute Gasteiger partial charge is 0.264 e. The highest BCUT2D eigenvalue weighted by Gasteiger charge is 2.52. The summed E-state index contributed by atoms with van der Waals surface area (Å²) in [7, 11) is 0. The number of benzene rings is 2. The van der Waals surface area contributed by atoms with Crippen LogP contribution >= 0.6 is 34.2 Å². The highest BCUT2D eigenvalue weighted by atomic mass is 127. The van der Waals surface area contributed by atoms with Gasteiger partial charge >= 0.3 is 0 Å². The Morgan fingerprint density at radius 3 is 2.74 bits per heavy atom. The van der Waals surface area contributed by atoms with Crippen LogP contribution in [0.1, 0.15) is 37.3 Å². The van der Waals surface area contributed by atoms with Crippen molar-refractivity contribution in [1.29, 1.82) is 0 Å². The number of carbonyl (C=O) groups is 2. The molecule has 3 atom stereocenters. The Hall–Kier alpha value is -1.94. The van der Waals surface area contributed by atoms with Crippen LogP contribution in [0.3, 0.4) is 0 Å². The average molecular weight is 595 g/mol. The standard InChI is InChI=1S/C26H28ClIN2O4/c1-17(4-2-6-24(32)29-13-3-5-21(29)16-31)26(34)22-14-19(27)9-12-23(22)30(25(26)33)15-18-7-10-20(28)11-8-18/h2,4,7-12,14,17,21,31,34H,3,5-6,13,15-16H2,1H3/b4-2+/t17-,21-,26+/m0/s1. The fourth-order valence-corrected chi connectivity index (χ4v) is 5.36. The average Bonchev–Trinajstić information content (AvgIpc) is 3.38. The molecule has 6 nitrogen and oxygen atoms in total. The third kappa shape index (κ3) is 4.76. The minimum Gasteiger partial charge on any atom is -0.394 e.